The number of anilines is 1. The summed E-state index contributed by atoms with van der Waals surface area (Å²) in [5.74, 6) is -0.173. The first-order chi connectivity index (χ1) is 12.6. The highest BCUT2D eigenvalue weighted by Crippen LogP contribution is 2.23. The van der Waals surface area contributed by atoms with Crippen LogP contribution in [0, 0.1) is 0 Å². The smallest absolute Gasteiger partial charge is 0.329 e. The van der Waals surface area contributed by atoms with Gasteiger partial charge in [0.1, 0.15) is 11.8 Å². The van der Waals surface area contributed by atoms with Gasteiger partial charge in [0.2, 0.25) is 5.91 Å². The fraction of sp³-hybridized carbons (Fsp3) is 0.222. The topological polar surface area (TPSA) is 101 Å². The number of amides is 4. The predicted molar refractivity (Wildman–Crippen MR) is 93.5 cm³/mol. The Balaban J connectivity index is 1.60. The van der Waals surface area contributed by atoms with E-state index >= 15 is 0 Å². The largest absolute Gasteiger partial charge is 0.497 e. The third-order valence-electron chi connectivity index (χ3n) is 3.95. The molecule has 0 bridgehead atoms. The molecule has 26 heavy (non-hydrogen) atoms. The van der Waals surface area contributed by atoms with E-state index in [2.05, 4.69) is 15.6 Å². The number of carbonyl (C=O) groups excluding carboxylic acids is 3. The van der Waals surface area contributed by atoms with Crippen molar-refractivity contribution in [2.24, 2.45) is 0 Å². The summed E-state index contributed by atoms with van der Waals surface area (Å²) in [6, 6.07) is 8.70. The minimum atomic E-state index is -0.890. The SMILES string of the molecule is COc1ccc(N2C(=O)NC(CC(=O)NCc3cccnc3)C2=O)cc1. The quantitative estimate of drug-likeness (QED) is 0.760. The van der Waals surface area contributed by atoms with E-state index in [9.17, 15) is 14.4 Å². The minimum absolute atomic E-state index is 0.127. The van der Waals surface area contributed by atoms with Gasteiger partial charge in [0.05, 0.1) is 19.2 Å². The van der Waals surface area contributed by atoms with Gasteiger partial charge in [-0.25, -0.2) is 9.69 Å². The van der Waals surface area contributed by atoms with Crippen LogP contribution in [0.1, 0.15) is 12.0 Å². The molecular weight excluding hydrogens is 336 g/mol. The third-order valence-corrected chi connectivity index (χ3v) is 3.95. The average Bonchev–Trinajstić information content (AvgIpc) is 2.94. The number of hydrogen-bond acceptors (Lipinski definition) is 5. The van der Waals surface area contributed by atoms with Crippen LogP contribution in [0.2, 0.25) is 0 Å². The van der Waals surface area contributed by atoms with Crippen molar-refractivity contribution in [1.29, 1.82) is 0 Å². The number of nitrogens with zero attached hydrogens (tertiary/aromatic N) is 2. The second kappa shape index (κ2) is 7.64. The van der Waals surface area contributed by atoms with E-state index in [0.717, 1.165) is 10.5 Å². The summed E-state index contributed by atoms with van der Waals surface area (Å²) < 4.78 is 5.06. The van der Waals surface area contributed by atoms with E-state index < -0.39 is 18.0 Å². The zero-order valence-electron chi connectivity index (χ0n) is 14.1. The van der Waals surface area contributed by atoms with Crippen molar-refractivity contribution >= 4 is 23.5 Å². The Hall–Kier alpha value is -3.42. The highest BCUT2D eigenvalue weighted by atomic mass is 16.5. The molecule has 1 saturated heterocycles. The number of rotatable bonds is 6. The maximum absolute atomic E-state index is 12.5. The van der Waals surface area contributed by atoms with E-state index in [4.69, 9.17) is 4.74 Å². The fourth-order valence-electron chi connectivity index (χ4n) is 2.61. The number of aromatic nitrogens is 1. The first-order valence-corrected chi connectivity index (χ1v) is 8.02. The van der Waals surface area contributed by atoms with Crippen LogP contribution in [0.4, 0.5) is 10.5 Å². The number of urea groups is 1. The molecule has 0 saturated carbocycles. The number of imide groups is 1. The summed E-state index contributed by atoms with van der Waals surface area (Å²) >= 11 is 0. The molecule has 1 aromatic carbocycles. The molecule has 0 radical (unpaired) electrons. The Morgan fingerprint density at radius 2 is 2.04 bits per heavy atom. The van der Waals surface area contributed by atoms with E-state index in [-0.39, 0.29) is 12.3 Å². The molecule has 3 rings (SSSR count). The Kier molecular flexibility index (Phi) is 5.12. The van der Waals surface area contributed by atoms with Gasteiger partial charge in [-0.1, -0.05) is 6.07 Å². The van der Waals surface area contributed by atoms with Crippen molar-refractivity contribution in [3.63, 3.8) is 0 Å². The van der Waals surface area contributed by atoms with Crippen LogP contribution < -0.4 is 20.3 Å². The molecule has 1 aromatic heterocycles. The molecule has 1 aliphatic rings. The number of carbonyl (C=O) groups is 3. The second-order valence-electron chi connectivity index (χ2n) is 5.72. The molecule has 1 unspecified atom stereocenters. The van der Waals surface area contributed by atoms with Gasteiger partial charge in [-0.05, 0) is 35.9 Å². The van der Waals surface area contributed by atoms with Crippen LogP contribution >= 0.6 is 0 Å². The molecule has 2 heterocycles. The molecule has 134 valence electrons. The molecule has 0 spiro atoms. The Bertz CT molecular complexity index is 808. The van der Waals surface area contributed by atoms with Crippen molar-refractivity contribution in [2.45, 2.75) is 19.0 Å². The van der Waals surface area contributed by atoms with E-state index in [1.165, 1.54) is 7.11 Å². The van der Waals surface area contributed by atoms with Gasteiger partial charge in [0.15, 0.2) is 0 Å². The summed E-state index contributed by atoms with van der Waals surface area (Å²) in [7, 11) is 1.53. The summed E-state index contributed by atoms with van der Waals surface area (Å²) in [5, 5.41) is 5.26. The molecule has 2 aromatic rings. The zero-order chi connectivity index (χ0) is 18.5. The van der Waals surface area contributed by atoms with Crippen LogP contribution in [-0.2, 0) is 16.1 Å². The van der Waals surface area contributed by atoms with Crippen molar-refractivity contribution in [2.75, 3.05) is 12.0 Å². The molecule has 2 N–H and O–H groups in total. The fourth-order valence-corrected chi connectivity index (χ4v) is 2.61. The monoisotopic (exact) mass is 354 g/mol. The lowest BCUT2D eigenvalue weighted by Gasteiger charge is -2.13. The minimum Gasteiger partial charge on any atom is -0.497 e. The number of benzene rings is 1. The van der Waals surface area contributed by atoms with Gasteiger partial charge in [-0.15, -0.1) is 0 Å². The van der Waals surface area contributed by atoms with Crippen LogP contribution in [0.25, 0.3) is 0 Å². The zero-order valence-corrected chi connectivity index (χ0v) is 14.1. The van der Waals surface area contributed by atoms with Crippen LogP contribution in [-0.4, -0.2) is 36.0 Å². The Morgan fingerprint density at radius 3 is 2.69 bits per heavy atom. The summed E-state index contributed by atoms with van der Waals surface area (Å²) in [6.07, 6.45) is 3.16. The lowest BCUT2D eigenvalue weighted by atomic mass is 10.2. The molecule has 0 aliphatic carbocycles. The van der Waals surface area contributed by atoms with Gasteiger partial charge in [-0.2, -0.15) is 0 Å². The summed E-state index contributed by atoms with van der Waals surface area (Å²) in [4.78, 5) is 41.7. The number of hydrogen-bond donors (Lipinski definition) is 2. The number of pyridine rings is 1. The Morgan fingerprint density at radius 1 is 1.27 bits per heavy atom. The van der Waals surface area contributed by atoms with Gasteiger partial charge in [0, 0.05) is 18.9 Å². The van der Waals surface area contributed by atoms with Crippen LogP contribution in [0.3, 0.4) is 0 Å². The summed E-state index contributed by atoms with van der Waals surface area (Å²) in [5.41, 5.74) is 1.27. The molecule has 1 aliphatic heterocycles. The molecule has 8 heteroatoms. The predicted octanol–water partition coefficient (Wildman–Crippen LogP) is 1.22. The van der Waals surface area contributed by atoms with Crippen LogP contribution in [0.15, 0.2) is 48.8 Å². The van der Waals surface area contributed by atoms with Crippen molar-refractivity contribution in [3.05, 3.63) is 54.4 Å². The molecule has 1 atom stereocenters. The van der Waals surface area contributed by atoms with E-state index in [1.54, 1.807) is 42.7 Å². The first-order valence-electron chi connectivity index (χ1n) is 8.02. The lowest BCUT2D eigenvalue weighted by Crippen LogP contribution is -2.36. The maximum Gasteiger partial charge on any atom is 0.329 e. The maximum atomic E-state index is 12.5. The van der Waals surface area contributed by atoms with Crippen LogP contribution in [0.5, 0.6) is 5.75 Å². The third kappa shape index (κ3) is 3.80. The standard InChI is InChI=1S/C18H18N4O4/c1-26-14-6-4-13(5-7-14)22-17(24)15(21-18(22)25)9-16(23)20-11-12-3-2-8-19-10-12/h2-8,10,15H,9,11H2,1H3,(H,20,23)(H,21,25). The number of nitrogens with one attached hydrogen (secondary N) is 2. The average molecular weight is 354 g/mol. The highest BCUT2D eigenvalue weighted by Gasteiger charge is 2.39. The molecular formula is C18H18N4O4. The van der Waals surface area contributed by atoms with Gasteiger partial charge in [0.25, 0.3) is 5.91 Å². The number of ether oxygens (including phenoxy) is 1. The van der Waals surface area contributed by atoms with Gasteiger partial charge < -0.3 is 15.4 Å². The molecule has 8 nitrogen and oxygen atoms in total. The van der Waals surface area contributed by atoms with Crippen molar-refractivity contribution < 1.29 is 19.1 Å². The van der Waals surface area contributed by atoms with E-state index in [0.29, 0.717) is 18.0 Å². The van der Waals surface area contributed by atoms with Crippen molar-refractivity contribution in [3.8, 4) is 5.75 Å². The Labute approximate surface area is 150 Å². The molecule has 4 amide bonds. The van der Waals surface area contributed by atoms with Gasteiger partial charge >= 0.3 is 6.03 Å². The number of methoxy groups -OCH3 is 1. The molecule has 1 fully saturated rings. The first kappa shape index (κ1) is 17.4. The van der Waals surface area contributed by atoms with Gasteiger partial charge in [-0.3, -0.25) is 14.6 Å². The highest BCUT2D eigenvalue weighted by molar-refractivity contribution is 6.22. The normalized spacial score (nSPS) is 16.3. The summed E-state index contributed by atoms with van der Waals surface area (Å²) in [6.45, 7) is 0.309. The lowest BCUT2D eigenvalue weighted by molar-refractivity contribution is -0.125. The van der Waals surface area contributed by atoms with E-state index in [1.807, 2.05) is 6.07 Å². The second-order valence-corrected chi connectivity index (χ2v) is 5.72. The van der Waals surface area contributed by atoms with Crippen molar-refractivity contribution in [1.82, 2.24) is 15.6 Å².